The molecule has 0 aromatic carbocycles. The van der Waals surface area contributed by atoms with E-state index in [1.807, 2.05) is 24.3 Å². The van der Waals surface area contributed by atoms with Crippen molar-refractivity contribution >= 4 is 17.3 Å². The average molecular weight is 260 g/mol. The first-order valence-corrected chi connectivity index (χ1v) is 7.14. The molecule has 0 aliphatic heterocycles. The van der Waals surface area contributed by atoms with Gasteiger partial charge < -0.3 is 5.32 Å². The van der Waals surface area contributed by atoms with E-state index in [2.05, 4.69) is 20.3 Å². The molecule has 94 valence electrons. The molecule has 2 aromatic heterocycles. The molecular formula is C13H16N4S. The van der Waals surface area contributed by atoms with Gasteiger partial charge in [0.1, 0.15) is 5.01 Å². The highest BCUT2D eigenvalue weighted by Crippen LogP contribution is 2.26. The van der Waals surface area contributed by atoms with Crippen molar-refractivity contribution < 1.29 is 0 Å². The van der Waals surface area contributed by atoms with Crippen LogP contribution in [0, 0.1) is 6.92 Å². The van der Waals surface area contributed by atoms with E-state index in [0.717, 1.165) is 23.7 Å². The number of thiazole rings is 1. The quantitative estimate of drug-likeness (QED) is 0.922. The lowest BCUT2D eigenvalue weighted by Gasteiger charge is -2.06. The fourth-order valence-electron chi connectivity index (χ4n) is 2.17. The fourth-order valence-corrected chi connectivity index (χ4v) is 3.27. The Balaban J connectivity index is 1.68. The predicted octanol–water partition coefficient (Wildman–Crippen LogP) is 2.73. The molecule has 0 unspecified atom stereocenters. The van der Waals surface area contributed by atoms with E-state index >= 15 is 0 Å². The van der Waals surface area contributed by atoms with Crippen molar-refractivity contribution in [3.05, 3.63) is 33.5 Å². The number of rotatable bonds is 3. The molecule has 3 rings (SSSR count). The summed E-state index contributed by atoms with van der Waals surface area (Å²) in [6.45, 7) is 2.69. The Hall–Kier alpha value is -1.49. The molecule has 0 bridgehead atoms. The lowest BCUT2D eigenvalue weighted by molar-refractivity contribution is 0.681. The standard InChI is InChI=1S/C13H16N4S/c1-9-6-7-14-13(16-9)15-8-12-17-10-4-2-3-5-11(10)18-12/h6-7H,2-5,8H2,1H3,(H,14,15,16). The molecule has 1 aliphatic rings. The van der Waals surface area contributed by atoms with Crippen LogP contribution in [-0.2, 0) is 19.4 Å². The number of hydrogen-bond acceptors (Lipinski definition) is 5. The topological polar surface area (TPSA) is 50.7 Å². The number of fused-ring (bicyclic) bond motifs is 1. The minimum atomic E-state index is 0.683. The van der Waals surface area contributed by atoms with Gasteiger partial charge in [0.2, 0.25) is 5.95 Å². The molecule has 0 saturated heterocycles. The second-order valence-electron chi connectivity index (χ2n) is 4.56. The first kappa shape index (κ1) is 11.6. The van der Waals surface area contributed by atoms with E-state index in [1.54, 1.807) is 6.20 Å². The third-order valence-corrected chi connectivity index (χ3v) is 4.24. The molecule has 0 radical (unpaired) electrons. The summed E-state index contributed by atoms with van der Waals surface area (Å²) >= 11 is 1.83. The number of nitrogens with zero attached hydrogens (tertiary/aromatic N) is 3. The zero-order valence-corrected chi connectivity index (χ0v) is 11.3. The predicted molar refractivity (Wildman–Crippen MR) is 72.9 cm³/mol. The molecule has 0 amide bonds. The van der Waals surface area contributed by atoms with E-state index in [-0.39, 0.29) is 0 Å². The van der Waals surface area contributed by atoms with Gasteiger partial charge in [0.05, 0.1) is 12.2 Å². The first-order valence-electron chi connectivity index (χ1n) is 6.32. The van der Waals surface area contributed by atoms with Crippen molar-refractivity contribution in [3.63, 3.8) is 0 Å². The minimum Gasteiger partial charge on any atom is -0.348 e. The Labute approximate surface area is 111 Å². The SMILES string of the molecule is Cc1ccnc(NCc2nc3c(s2)CCCC3)n1. The highest BCUT2D eigenvalue weighted by atomic mass is 32.1. The molecule has 0 saturated carbocycles. The number of aryl methyl sites for hydroxylation is 3. The van der Waals surface area contributed by atoms with E-state index in [9.17, 15) is 0 Å². The summed E-state index contributed by atoms with van der Waals surface area (Å²) in [6, 6.07) is 1.90. The van der Waals surface area contributed by atoms with Gasteiger partial charge in [-0.05, 0) is 38.7 Å². The van der Waals surface area contributed by atoms with Crippen molar-refractivity contribution in [2.75, 3.05) is 5.32 Å². The lowest BCUT2D eigenvalue weighted by Crippen LogP contribution is -2.04. The van der Waals surface area contributed by atoms with Crippen LogP contribution < -0.4 is 5.32 Å². The van der Waals surface area contributed by atoms with Crippen LogP contribution in [0.3, 0.4) is 0 Å². The van der Waals surface area contributed by atoms with Crippen molar-refractivity contribution in [1.82, 2.24) is 15.0 Å². The van der Waals surface area contributed by atoms with Gasteiger partial charge >= 0.3 is 0 Å². The zero-order valence-electron chi connectivity index (χ0n) is 10.4. The fraction of sp³-hybridized carbons (Fsp3) is 0.462. The monoisotopic (exact) mass is 260 g/mol. The summed E-state index contributed by atoms with van der Waals surface area (Å²) in [5.74, 6) is 0.683. The van der Waals surface area contributed by atoms with Crippen LogP contribution >= 0.6 is 11.3 Å². The Morgan fingerprint density at radius 3 is 3.00 bits per heavy atom. The molecule has 5 heteroatoms. The van der Waals surface area contributed by atoms with Crippen LogP contribution in [0.4, 0.5) is 5.95 Å². The van der Waals surface area contributed by atoms with E-state index in [4.69, 9.17) is 0 Å². The third-order valence-electron chi connectivity index (χ3n) is 3.08. The minimum absolute atomic E-state index is 0.683. The smallest absolute Gasteiger partial charge is 0.223 e. The molecular weight excluding hydrogens is 244 g/mol. The van der Waals surface area contributed by atoms with E-state index < -0.39 is 0 Å². The molecule has 1 aliphatic carbocycles. The van der Waals surface area contributed by atoms with Gasteiger partial charge in [-0.1, -0.05) is 0 Å². The summed E-state index contributed by atoms with van der Waals surface area (Å²) in [5.41, 5.74) is 2.29. The molecule has 2 heterocycles. The maximum atomic E-state index is 4.69. The summed E-state index contributed by atoms with van der Waals surface area (Å²) < 4.78 is 0. The van der Waals surface area contributed by atoms with Gasteiger partial charge in [0, 0.05) is 16.8 Å². The normalized spacial score (nSPS) is 14.3. The molecule has 1 N–H and O–H groups in total. The summed E-state index contributed by atoms with van der Waals surface area (Å²) in [5, 5.41) is 4.38. The van der Waals surface area contributed by atoms with Gasteiger partial charge in [-0.2, -0.15) is 0 Å². The Kier molecular flexibility index (Phi) is 3.23. The van der Waals surface area contributed by atoms with Gasteiger partial charge in [-0.25, -0.2) is 15.0 Å². The highest BCUT2D eigenvalue weighted by molar-refractivity contribution is 7.11. The largest absolute Gasteiger partial charge is 0.348 e. The first-order chi connectivity index (χ1) is 8.81. The van der Waals surface area contributed by atoms with Gasteiger partial charge in [-0.3, -0.25) is 0 Å². The van der Waals surface area contributed by atoms with Crippen LogP contribution in [-0.4, -0.2) is 15.0 Å². The van der Waals surface area contributed by atoms with Crippen LogP contribution in [0.1, 0.15) is 34.1 Å². The Bertz CT molecular complexity index is 526. The van der Waals surface area contributed by atoms with Crippen LogP contribution in [0.2, 0.25) is 0 Å². The van der Waals surface area contributed by atoms with Gasteiger partial charge in [0.25, 0.3) is 0 Å². The number of hydrogen-bond donors (Lipinski definition) is 1. The van der Waals surface area contributed by atoms with Gasteiger partial charge in [-0.15, -0.1) is 11.3 Å². The van der Waals surface area contributed by atoms with E-state index in [1.165, 1.54) is 29.8 Å². The van der Waals surface area contributed by atoms with Crippen LogP contribution in [0.15, 0.2) is 12.3 Å². The number of anilines is 1. The average Bonchev–Trinajstić information content (AvgIpc) is 2.79. The molecule has 2 aromatic rings. The van der Waals surface area contributed by atoms with E-state index in [0.29, 0.717) is 5.95 Å². The highest BCUT2D eigenvalue weighted by Gasteiger charge is 2.14. The van der Waals surface area contributed by atoms with Crippen molar-refractivity contribution in [2.24, 2.45) is 0 Å². The second kappa shape index (κ2) is 5.02. The van der Waals surface area contributed by atoms with Crippen LogP contribution in [0.25, 0.3) is 0 Å². The molecule has 0 atom stereocenters. The molecule has 18 heavy (non-hydrogen) atoms. The number of aromatic nitrogens is 3. The Morgan fingerprint density at radius 1 is 1.28 bits per heavy atom. The van der Waals surface area contributed by atoms with Crippen LogP contribution in [0.5, 0.6) is 0 Å². The van der Waals surface area contributed by atoms with Crippen molar-refractivity contribution in [3.8, 4) is 0 Å². The van der Waals surface area contributed by atoms with Crippen molar-refractivity contribution in [1.29, 1.82) is 0 Å². The second-order valence-corrected chi connectivity index (χ2v) is 5.73. The summed E-state index contributed by atoms with van der Waals surface area (Å²) in [7, 11) is 0. The Morgan fingerprint density at radius 2 is 2.17 bits per heavy atom. The number of nitrogens with one attached hydrogen (secondary N) is 1. The zero-order chi connectivity index (χ0) is 12.4. The molecule has 0 spiro atoms. The maximum Gasteiger partial charge on any atom is 0.223 e. The van der Waals surface area contributed by atoms with Crippen molar-refractivity contribution in [2.45, 2.75) is 39.2 Å². The molecule has 4 nitrogen and oxygen atoms in total. The van der Waals surface area contributed by atoms with Gasteiger partial charge in [0.15, 0.2) is 0 Å². The third kappa shape index (κ3) is 2.51. The summed E-state index contributed by atoms with van der Waals surface area (Å²) in [4.78, 5) is 14.7. The maximum absolute atomic E-state index is 4.69. The molecule has 0 fully saturated rings. The lowest BCUT2D eigenvalue weighted by atomic mass is 10.0. The summed E-state index contributed by atoms with van der Waals surface area (Å²) in [6.07, 6.45) is 6.71.